The quantitative estimate of drug-likeness (QED) is 0.551. The summed E-state index contributed by atoms with van der Waals surface area (Å²) >= 11 is 0. The van der Waals surface area contributed by atoms with Crippen LogP contribution in [0.2, 0.25) is 0 Å². The highest BCUT2D eigenvalue weighted by molar-refractivity contribution is 5.81. The third-order valence-electron chi connectivity index (χ3n) is 2.13. The molecule has 4 N–H and O–H groups in total. The Bertz CT molecular complexity index is 402. The van der Waals surface area contributed by atoms with Crippen molar-refractivity contribution in [1.29, 1.82) is 0 Å². The second-order valence-corrected chi connectivity index (χ2v) is 3.76. The van der Waals surface area contributed by atoms with Gasteiger partial charge < -0.3 is 20.7 Å². The minimum atomic E-state index is -1.17. The molecule has 0 bridgehead atoms. The molecule has 1 aromatic rings. The van der Waals surface area contributed by atoms with E-state index in [0.717, 1.165) is 0 Å². The van der Waals surface area contributed by atoms with Gasteiger partial charge in [0.1, 0.15) is 6.10 Å². The summed E-state index contributed by atoms with van der Waals surface area (Å²) in [6, 6.07) is 0. The van der Waals surface area contributed by atoms with Gasteiger partial charge in [-0.05, 0) is 0 Å². The molecule has 0 radical (unpaired) electrons. The molecule has 1 rings (SSSR count). The molecule has 1 aromatic heterocycles. The fourth-order valence-electron chi connectivity index (χ4n) is 1.29. The van der Waals surface area contributed by atoms with Crippen LogP contribution in [-0.4, -0.2) is 39.1 Å². The third-order valence-corrected chi connectivity index (χ3v) is 2.13. The zero-order valence-electron chi connectivity index (χ0n) is 9.59. The van der Waals surface area contributed by atoms with Crippen LogP contribution in [0, 0.1) is 0 Å². The van der Waals surface area contributed by atoms with Gasteiger partial charge in [-0.15, -0.1) is 0 Å². The van der Waals surface area contributed by atoms with Gasteiger partial charge in [0.15, 0.2) is 0 Å². The second kappa shape index (κ2) is 6.00. The number of aliphatic hydroxyl groups is 1. The van der Waals surface area contributed by atoms with E-state index in [2.05, 4.69) is 10.3 Å². The number of primary amides is 1. The molecule has 0 spiro atoms. The first-order chi connectivity index (χ1) is 7.99. The standard InChI is InChI=1S/C10H16N4O3/c1-14-5-7(13-6-14)4-8(15)10(17)12-3-2-9(11)16/h5-6,8,15H,2-4H2,1H3,(H2,11,16)(H,12,17). The molecule has 94 valence electrons. The summed E-state index contributed by atoms with van der Waals surface area (Å²) < 4.78 is 1.73. The third kappa shape index (κ3) is 4.64. The maximum atomic E-state index is 11.4. The lowest BCUT2D eigenvalue weighted by Gasteiger charge is -2.09. The number of nitrogens with one attached hydrogen (secondary N) is 1. The van der Waals surface area contributed by atoms with E-state index >= 15 is 0 Å². The summed E-state index contributed by atoms with van der Waals surface area (Å²) in [4.78, 5) is 25.8. The number of imidazole rings is 1. The van der Waals surface area contributed by atoms with E-state index in [1.54, 1.807) is 24.1 Å². The molecule has 0 fully saturated rings. The number of carbonyl (C=O) groups is 2. The highest BCUT2D eigenvalue weighted by atomic mass is 16.3. The van der Waals surface area contributed by atoms with Crippen LogP contribution in [-0.2, 0) is 23.1 Å². The maximum absolute atomic E-state index is 11.4. The van der Waals surface area contributed by atoms with Crippen molar-refractivity contribution in [1.82, 2.24) is 14.9 Å². The first kappa shape index (κ1) is 13.2. The van der Waals surface area contributed by atoms with Gasteiger partial charge in [-0.2, -0.15) is 0 Å². The number of nitrogens with two attached hydrogens (primary N) is 1. The Kier molecular flexibility index (Phi) is 4.65. The van der Waals surface area contributed by atoms with Crippen LogP contribution in [0.5, 0.6) is 0 Å². The minimum absolute atomic E-state index is 0.0576. The normalized spacial score (nSPS) is 12.1. The van der Waals surface area contributed by atoms with Gasteiger partial charge in [-0.3, -0.25) is 9.59 Å². The maximum Gasteiger partial charge on any atom is 0.249 e. The number of aliphatic hydroxyl groups excluding tert-OH is 1. The lowest BCUT2D eigenvalue weighted by atomic mass is 10.2. The summed E-state index contributed by atoms with van der Waals surface area (Å²) in [6.07, 6.45) is 2.34. The van der Waals surface area contributed by atoms with E-state index in [-0.39, 0.29) is 19.4 Å². The predicted octanol–water partition coefficient (Wildman–Crippen LogP) is -1.68. The smallest absolute Gasteiger partial charge is 0.249 e. The van der Waals surface area contributed by atoms with Crippen molar-refractivity contribution in [2.75, 3.05) is 6.54 Å². The van der Waals surface area contributed by atoms with Crippen molar-refractivity contribution in [3.05, 3.63) is 18.2 Å². The van der Waals surface area contributed by atoms with Crippen LogP contribution in [0.1, 0.15) is 12.1 Å². The van der Waals surface area contributed by atoms with E-state index in [4.69, 9.17) is 5.73 Å². The van der Waals surface area contributed by atoms with Crippen LogP contribution in [0.15, 0.2) is 12.5 Å². The highest BCUT2D eigenvalue weighted by Gasteiger charge is 2.16. The fourth-order valence-corrected chi connectivity index (χ4v) is 1.29. The number of aromatic nitrogens is 2. The Morgan fingerprint density at radius 2 is 2.35 bits per heavy atom. The van der Waals surface area contributed by atoms with Crippen molar-refractivity contribution in [3.63, 3.8) is 0 Å². The van der Waals surface area contributed by atoms with Gasteiger partial charge in [-0.1, -0.05) is 0 Å². The molecule has 1 heterocycles. The van der Waals surface area contributed by atoms with Crippen molar-refractivity contribution < 1.29 is 14.7 Å². The van der Waals surface area contributed by atoms with Gasteiger partial charge in [0, 0.05) is 32.6 Å². The minimum Gasteiger partial charge on any atom is -0.383 e. The Labute approximate surface area is 98.6 Å². The first-order valence-corrected chi connectivity index (χ1v) is 5.20. The van der Waals surface area contributed by atoms with Crippen LogP contribution in [0.25, 0.3) is 0 Å². The average Bonchev–Trinajstić information content (AvgIpc) is 2.63. The number of rotatable bonds is 6. The molecule has 2 amide bonds. The highest BCUT2D eigenvalue weighted by Crippen LogP contribution is 1.99. The van der Waals surface area contributed by atoms with Crippen molar-refractivity contribution in [2.45, 2.75) is 18.9 Å². The molecule has 0 aliphatic carbocycles. The summed E-state index contributed by atoms with van der Waals surface area (Å²) in [5.74, 6) is -1.03. The Morgan fingerprint density at radius 1 is 1.65 bits per heavy atom. The molecular weight excluding hydrogens is 224 g/mol. The van der Waals surface area contributed by atoms with Gasteiger partial charge in [0.2, 0.25) is 11.8 Å². The predicted molar refractivity (Wildman–Crippen MR) is 59.7 cm³/mol. The summed E-state index contributed by atoms with van der Waals surface area (Å²) in [6.45, 7) is 0.132. The lowest BCUT2D eigenvalue weighted by molar-refractivity contribution is -0.129. The van der Waals surface area contributed by atoms with Gasteiger partial charge in [-0.25, -0.2) is 4.98 Å². The fraction of sp³-hybridized carbons (Fsp3) is 0.500. The second-order valence-electron chi connectivity index (χ2n) is 3.76. The van der Waals surface area contributed by atoms with E-state index in [9.17, 15) is 14.7 Å². The lowest BCUT2D eigenvalue weighted by Crippen LogP contribution is -2.37. The average molecular weight is 240 g/mol. The van der Waals surface area contributed by atoms with Gasteiger partial charge in [0.25, 0.3) is 0 Å². The first-order valence-electron chi connectivity index (χ1n) is 5.20. The molecule has 17 heavy (non-hydrogen) atoms. The summed E-state index contributed by atoms with van der Waals surface area (Å²) in [7, 11) is 1.80. The molecule has 0 aliphatic heterocycles. The molecule has 0 aliphatic rings. The van der Waals surface area contributed by atoms with Crippen LogP contribution >= 0.6 is 0 Å². The monoisotopic (exact) mass is 240 g/mol. The summed E-state index contributed by atoms with van der Waals surface area (Å²) in [5, 5.41) is 12.0. The molecule has 0 saturated heterocycles. The molecule has 0 saturated carbocycles. The zero-order chi connectivity index (χ0) is 12.8. The molecule has 0 aromatic carbocycles. The van der Waals surface area contributed by atoms with Gasteiger partial charge in [0.05, 0.1) is 12.0 Å². The molecule has 1 atom stereocenters. The summed E-state index contributed by atoms with van der Waals surface area (Å²) in [5.41, 5.74) is 5.55. The van der Waals surface area contributed by atoms with Crippen LogP contribution in [0.4, 0.5) is 0 Å². The number of amides is 2. The Balaban J connectivity index is 2.34. The largest absolute Gasteiger partial charge is 0.383 e. The van der Waals surface area contributed by atoms with E-state index in [1.165, 1.54) is 0 Å². The number of hydrogen-bond donors (Lipinski definition) is 3. The SMILES string of the molecule is Cn1cnc(CC(O)C(=O)NCCC(N)=O)c1. The number of hydrogen-bond acceptors (Lipinski definition) is 4. The van der Waals surface area contributed by atoms with E-state index < -0.39 is 17.9 Å². The van der Waals surface area contributed by atoms with Gasteiger partial charge >= 0.3 is 0 Å². The van der Waals surface area contributed by atoms with E-state index in [1.807, 2.05) is 0 Å². The Morgan fingerprint density at radius 3 is 2.88 bits per heavy atom. The number of carbonyl (C=O) groups excluding carboxylic acids is 2. The van der Waals surface area contributed by atoms with E-state index in [0.29, 0.717) is 5.69 Å². The topological polar surface area (TPSA) is 110 Å². The molecular formula is C10H16N4O3. The van der Waals surface area contributed by atoms with Crippen LogP contribution < -0.4 is 11.1 Å². The van der Waals surface area contributed by atoms with Crippen LogP contribution in [0.3, 0.4) is 0 Å². The van der Waals surface area contributed by atoms with Crippen molar-refractivity contribution in [3.8, 4) is 0 Å². The molecule has 1 unspecified atom stereocenters. The molecule has 7 nitrogen and oxygen atoms in total. The number of nitrogens with zero attached hydrogens (tertiary/aromatic N) is 2. The van der Waals surface area contributed by atoms with Crippen molar-refractivity contribution in [2.24, 2.45) is 12.8 Å². The Hall–Kier alpha value is -1.89. The van der Waals surface area contributed by atoms with Crippen molar-refractivity contribution >= 4 is 11.8 Å². The number of aryl methyl sites for hydroxylation is 1. The molecule has 7 heteroatoms. The zero-order valence-corrected chi connectivity index (χ0v) is 9.59.